The number of aromatic nitrogens is 2. The van der Waals surface area contributed by atoms with E-state index in [2.05, 4.69) is 291 Å². The maximum absolute atomic E-state index is 8.17. The summed E-state index contributed by atoms with van der Waals surface area (Å²) in [6.45, 7) is 22.4. The van der Waals surface area contributed by atoms with Gasteiger partial charge in [-0.2, -0.15) is 0 Å². The number of pyridine rings is 1. The van der Waals surface area contributed by atoms with E-state index in [-0.39, 0.29) is 10.8 Å². The van der Waals surface area contributed by atoms with E-state index in [1.54, 1.807) is 0 Å². The molecule has 2 aromatic heterocycles. The first-order chi connectivity index (χ1) is 39.9. The average Bonchev–Trinajstić information content (AvgIpc) is 1.91. The van der Waals surface area contributed by atoms with Gasteiger partial charge in [-0.3, -0.25) is 4.57 Å². The van der Waals surface area contributed by atoms with Gasteiger partial charge in [0.1, 0.15) is 24.0 Å². The van der Waals surface area contributed by atoms with Crippen molar-refractivity contribution in [3.8, 4) is 50.7 Å². The Morgan fingerprint density at radius 2 is 1.09 bits per heavy atom. The van der Waals surface area contributed by atoms with Crippen LogP contribution in [0.4, 0.5) is 28.4 Å². The fourth-order valence-electron chi connectivity index (χ4n) is 12.9. The van der Waals surface area contributed by atoms with Crippen LogP contribution in [0.1, 0.15) is 74.9 Å². The standard InChI is InChI=1S/C76H61N5O/c1-74(2,3)52-33-35-53(36-34-52)76(66-29-16-14-27-60(66)61-39-37-56(77-7)46-67(61)76)54-41-42-78-72(45-54)81-68-30-17-15-28-62(68)63-40-38-59(48-71(63)81)82-58-26-20-25-57(47-58)79-49-80(70-32-19-18-31-69(70)79)73-64(50-21-10-8-11-22-50)43-55(75(4,5)6)44-65(73)51-23-12-9-13-24-51/h8-48H,49H2,1-6H3. The van der Waals surface area contributed by atoms with Crippen LogP contribution in [0.15, 0.2) is 249 Å². The van der Waals surface area contributed by atoms with Crippen LogP contribution >= 0.6 is 0 Å². The number of benzene rings is 10. The Morgan fingerprint density at radius 3 is 1.79 bits per heavy atom. The molecule has 2 aliphatic rings. The number of fused-ring (bicyclic) bond motifs is 7. The average molecular weight is 1060 g/mol. The number of anilines is 4. The van der Waals surface area contributed by atoms with E-state index in [1.165, 1.54) is 50.2 Å². The van der Waals surface area contributed by atoms with Gasteiger partial charge in [0.15, 0.2) is 5.69 Å². The lowest BCUT2D eigenvalue weighted by Gasteiger charge is -2.34. The highest BCUT2D eigenvalue weighted by atomic mass is 16.5. The van der Waals surface area contributed by atoms with Gasteiger partial charge in [-0.15, -0.1) is 0 Å². The quantitative estimate of drug-likeness (QED) is 0.135. The number of para-hydroxylation sites is 3. The molecule has 12 aromatic rings. The molecule has 0 saturated heterocycles. The summed E-state index contributed by atoms with van der Waals surface area (Å²) in [5.41, 5.74) is 20.4. The van der Waals surface area contributed by atoms with Crippen molar-refractivity contribution in [1.29, 1.82) is 0 Å². The number of rotatable bonds is 9. The third kappa shape index (κ3) is 8.26. The molecule has 1 aliphatic heterocycles. The molecule has 1 aliphatic carbocycles. The maximum Gasteiger partial charge on any atom is 0.187 e. The Bertz CT molecular complexity index is 4440. The van der Waals surface area contributed by atoms with Gasteiger partial charge in [-0.1, -0.05) is 205 Å². The fraction of sp³-hybridized carbons (Fsp3) is 0.132. The predicted octanol–water partition coefficient (Wildman–Crippen LogP) is 20.1. The van der Waals surface area contributed by atoms with Crippen LogP contribution in [0.2, 0.25) is 0 Å². The Kier molecular flexibility index (Phi) is 11.9. The molecule has 0 saturated carbocycles. The zero-order valence-electron chi connectivity index (χ0n) is 47.0. The SMILES string of the molecule is [C-]#[N+]c1ccc2c(c1)C(c1ccc(C(C)(C)C)cc1)(c1ccnc(-n3c4ccccc4c4ccc(Oc5cccc(N6CN(c7c(-c8ccccc8)cc(C(C)(C)C)cc7-c7ccccc7)c7ccccc76)c5)cc43)c1)c1ccccc1-2. The van der Waals surface area contributed by atoms with E-state index >= 15 is 0 Å². The summed E-state index contributed by atoms with van der Waals surface area (Å²) in [6.07, 6.45) is 1.95. The highest BCUT2D eigenvalue weighted by Crippen LogP contribution is 2.58. The van der Waals surface area contributed by atoms with Gasteiger partial charge in [0.2, 0.25) is 0 Å². The second-order valence-electron chi connectivity index (χ2n) is 23.9. The third-order valence-electron chi connectivity index (χ3n) is 16.9. The van der Waals surface area contributed by atoms with Gasteiger partial charge >= 0.3 is 0 Å². The summed E-state index contributed by atoms with van der Waals surface area (Å²) in [6, 6.07) is 87.2. The van der Waals surface area contributed by atoms with Crippen LogP contribution in [0.25, 0.3) is 65.8 Å². The molecule has 14 rings (SSSR count). The number of ether oxygens (including phenoxy) is 1. The minimum absolute atomic E-state index is 0.0243. The first kappa shape index (κ1) is 50.3. The monoisotopic (exact) mass is 1060 g/mol. The van der Waals surface area contributed by atoms with E-state index < -0.39 is 5.41 Å². The third-order valence-corrected chi connectivity index (χ3v) is 16.9. The molecule has 82 heavy (non-hydrogen) atoms. The Balaban J connectivity index is 0.866. The lowest BCUT2D eigenvalue weighted by Crippen LogP contribution is -2.29. The molecule has 0 fully saturated rings. The van der Waals surface area contributed by atoms with Crippen LogP contribution < -0.4 is 14.5 Å². The summed E-state index contributed by atoms with van der Waals surface area (Å²) in [5, 5.41) is 2.23. The van der Waals surface area contributed by atoms with Gasteiger partial charge in [-0.05, 0) is 133 Å². The fourth-order valence-corrected chi connectivity index (χ4v) is 12.9. The molecular formula is C76H61N5O. The first-order valence-electron chi connectivity index (χ1n) is 28.3. The largest absolute Gasteiger partial charge is 0.457 e. The lowest BCUT2D eigenvalue weighted by molar-refractivity contribution is 0.483. The Labute approximate surface area is 480 Å². The molecule has 6 nitrogen and oxygen atoms in total. The van der Waals surface area contributed by atoms with Gasteiger partial charge < -0.3 is 14.5 Å². The van der Waals surface area contributed by atoms with Crippen LogP contribution in [0, 0.1) is 6.57 Å². The van der Waals surface area contributed by atoms with Crippen molar-refractivity contribution in [2.45, 2.75) is 57.8 Å². The second kappa shape index (κ2) is 19.4. The molecule has 0 bridgehead atoms. The van der Waals surface area contributed by atoms with Crippen LogP contribution in [0.5, 0.6) is 11.5 Å². The first-order valence-corrected chi connectivity index (χ1v) is 28.3. The molecule has 6 heteroatoms. The number of hydrogen-bond donors (Lipinski definition) is 0. The summed E-state index contributed by atoms with van der Waals surface area (Å²) in [7, 11) is 0. The number of hydrogen-bond acceptors (Lipinski definition) is 4. The van der Waals surface area contributed by atoms with Crippen molar-refractivity contribution in [2.24, 2.45) is 0 Å². The maximum atomic E-state index is 8.17. The van der Waals surface area contributed by atoms with Crippen molar-refractivity contribution in [1.82, 2.24) is 9.55 Å². The van der Waals surface area contributed by atoms with E-state index in [4.69, 9.17) is 16.3 Å². The number of nitrogens with zero attached hydrogens (tertiary/aromatic N) is 5. The molecule has 3 heterocycles. The smallest absolute Gasteiger partial charge is 0.187 e. The van der Waals surface area contributed by atoms with Gasteiger partial charge in [-0.25, -0.2) is 9.83 Å². The summed E-state index contributed by atoms with van der Waals surface area (Å²) >= 11 is 0. The highest BCUT2D eigenvalue weighted by Gasteiger charge is 2.46. The van der Waals surface area contributed by atoms with Crippen molar-refractivity contribution < 1.29 is 4.74 Å². The summed E-state index contributed by atoms with van der Waals surface area (Å²) in [5.74, 6) is 2.24. The Morgan fingerprint density at radius 1 is 0.463 bits per heavy atom. The van der Waals surface area contributed by atoms with E-state index in [0.29, 0.717) is 18.1 Å². The minimum Gasteiger partial charge on any atom is -0.457 e. The zero-order valence-corrected chi connectivity index (χ0v) is 47.0. The highest BCUT2D eigenvalue weighted by molar-refractivity contribution is 6.09. The van der Waals surface area contributed by atoms with Crippen molar-refractivity contribution in [3.63, 3.8) is 0 Å². The molecule has 0 N–H and O–H groups in total. The zero-order chi connectivity index (χ0) is 55.9. The molecule has 0 spiro atoms. The normalized spacial score (nSPS) is 14.6. The second-order valence-corrected chi connectivity index (χ2v) is 23.9. The van der Waals surface area contributed by atoms with E-state index in [9.17, 15) is 0 Å². The minimum atomic E-state index is -0.739. The van der Waals surface area contributed by atoms with Crippen molar-refractivity contribution in [2.75, 3.05) is 16.5 Å². The topological polar surface area (TPSA) is 37.9 Å². The van der Waals surface area contributed by atoms with Gasteiger partial charge in [0.05, 0.1) is 40.1 Å². The molecule has 396 valence electrons. The van der Waals surface area contributed by atoms with Gasteiger partial charge in [0, 0.05) is 45.9 Å². The molecule has 0 radical (unpaired) electrons. The molecule has 10 aromatic carbocycles. The molecule has 0 amide bonds. The summed E-state index contributed by atoms with van der Waals surface area (Å²) in [4.78, 5) is 14.1. The Hall–Kier alpha value is -9.96. The van der Waals surface area contributed by atoms with E-state index in [0.717, 1.165) is 72.7 Å². The molecule has 1 unspecified atom stereocenters. The predicted molar refractivity (Wildman–Crippen MR) is 339 cm³/mol. The van der Waals surface area contributed by atoms with Gasteiger partial charge in [0.25, 0.3) is 0 Å². The molecular weight excluding hydrogens is 999 g/mol. The lowest BCUT2D eigenvalue weighted by atomic mass is 9.67. The van der Waals surface area contributed by atoms with Crippen molar-refractivity contribution in [3.05, 3.63) is 294 Å². The van der Waals surface area contributed by atoms with Crippen molar-refractivity contribution >= 4 is 50.2 Å². The van der Waals surface area contributed by atoms with E-state index in [1.807, 2.05) is 18.3 Å². The molecule has 1 atom stereocenters. The van der Waals surface area contributed by atoms with Crippen LogP contribution in [0.3, 0.4) is 0 Å². The van der Waals surface area contributed by atoms with Crippen LogP contribution in [-0.2, 0) is 16.2 Å². The van der Waals surface area contributed by atoms with Crippen LogP contribution in [-0.4, -0.2) is 16.2 Å². The summed E-state index contributed by atoms with van der Waals surface area (Å²) < 4.78 is 9.27.